The van der Waals surface area contributed by atoms with E-state index in [0.29, 0.717) is 6.54 Å². The minimum atomic E-state index is 0.0317. The van der Waals surface area contributed by atoms with Crippen molar-refractivity contribution in [2.75, 3.05) is 41.0 Å². The maximum absolute atomic E-state index is 12.7. The van der Waals surface area contributed by atoms with Gasteiger partial charge in [-0.25, -0.2) is 0 Å². The molecule has 1 aliphatic rings. The van der Waals surface area contributed by atoms with Gasteiger partial charge in [0.1, 0.15) is 17.2 Å². The molecule has 1 atom stereocenters. The fourth-order valence-corrected chi connectivity index (χ4v) is 3.93. The predicted molar refractivity (Wildman–Crippen MR) is 117 cm³/mol. The summed E-state index contributed by atoms with van der Waals surface area (Å²) in [5.41, 5.74) is 2.29. The van der Waals surface area contributed by atoms with Crippen molar-refractivity contribution < 1.29 is 19.0 Å². The molecule has 1 heterocycles. The highest BCUT2D eigenvalue weighted by Crippen LogP contribution is 2.23. The Hall–Kier alpha value is -2.73. The number of likely N-dealkylation sites (tertiary alicyclic amines) is 1. The number of nitrogens with one attached hydrogen (secondary N) is 1. The number of ether oxygens (including phenoxy) is 3. The Bertz CT molecular complexity index is 817. The number of rotatable bonds is 9. The third kappa shape index (κ3) is 6.13. The van der Waals surface area contributed by atoms with E-state index in [9.17, 15) is 4.79 Å². The number of hydrogen-bond acceptors (Lipinski definition) is 5. The number of benzene rings is 2. The van der Waals surface area contributed by atoms with Crippen LogP contribution in [0.25, 0.3) is 0 Å². The summed E-state index contributed by atoms with van der Waals surface area (Å²) in [7, 11) is 4.96. The molecule has 1 amide bonds. The van der Waals surface area contributed by atoms with Gasteiger partial charge in [0.15, 0.2) is 0 Å². The van der Waals surface area contributed by atoms with Crippen molar-refractivity contribution in [1.29, 1.82) is 0 Å². The molecule has 1 fully saturated rings. The van der Waals surface area contributed by atoms with Gasteiger partial charge < -0.3 is 19.5 Å². The van der Waals surface area contributed by atoms with Gasteiger partial charge in [-0.1, -0.05) is 12.1 Å². The number of carbonyl (C=O) groups is 1. The third-order valence-corrected chi connectivity index (χ3v) is 5.54. The molecule has 0 saturated carbocycles. The van der Waals surface area contributed by atoms with Gasteiger partial charge >= 0.3 is 0 Å². The highest BCUT2D eigenvalue weighted by atomic mass is 16.5. The Morgan fingerprint density at radius 2 is 1.70 bits per heavy atom. The van der Waals surface area contributed by atoms with Crippen LogP contribution in [0.2, 0.25) is 0 Å². The van der Waals surface area contributed by atoms with E-state index in [-0.39, 0.29) is 11.8 Å². The van der Waals surface area contributed by atoms with Gasteiger partial charge in [-0.3, -0.25) is 9.69 Å². The first-order valence-corrected chi connectivity index (χ1v) is 10.5. The lowest BCUT2D eigenvalue weighted by Crippen LogP contribution is -2.43. The first kappa shape index (κ1) is 22.0. The quantitative estimate of drug-likeness (QED) is 0.685. The average molecular weight is 413 g/mol. The van der Waals surface area contributed by atoms with Crippen molar-refractivity contribution in [3.63, 3.8) is 0 Å². The van der Waals surface area contributed by atoms with Crippen LogP contribution in [0.1, 0.15) is 24.0 Å². The van der Waals surface area contributed by atoms with Crippen molar-refractivity contribution in [3.05, 3.63) is 53.6 Å². The molecular weight excluding hydrogens is 380 g/mol. The van der Waals surface area contributed by atoms with Crippen molar-refractivity contribution in [2.45, 2.75) is 25.8 Å². The Kier molecular flexibility index (Phi) is 7.97. The van der Waals surface area contributed by atoms with E-state index in [4.69, 9.17) is 14.2 Å². The molecule has 2 aromatic carbocycles. The van der Waals surface area contributed by atoms with Gasteiger partial charge in [0.05, 0.1) is 27.2 Å². The van der Waals surface area contributed by atoms with Crippen LogP contribution in [0.15, 0.2) is 42.5 Å². The monoisotopic (exact) mass is 412 g/mol. The smallest absolute Gasteiger partial charge is 0.224 e. The van der Waals surface area contributed by atoms with Crippen LogP contribution in [-0.4, -0.2) is 51.8 Å². The van der Waals surface area contributed by atoms with Crippen molar-refractivity contribution in [3.8, 4) is 17.2 Å². The molecular formula is C24H32N2O4. The molecule has 0 radical (unpaired) electrons. The van der Waals surface area contributed by atoms with Gasteiger partial charge in [-0.2, -0.15) is 0 Å². The summed E-state index contributed by atoms with van der Waals surface area (Å²) < 4.78 is 15.9. The Morgan fingerprint density at radius 3 is 2.40 bits per heavy atom. The van der Waals surface area contributed by atoms with E-state index in [1.165, 1.54) is 5.56 Å². The fraction of sp³-hybridized carbons (Fsp3) is 0.458. The Balaban J connectivity index is 1.49. The number of methoxy groups -OCH3 is 3. The Labute approximate surface area is 179 Å². The summed E-state index contributed by atoms with van der Waals surface area (Å²) in [5.74, 6) is 2.56. The maximum atomic E-state index is 12.7. The molecule has 0 spiro atoms. The molecule has 1 saturated heterocycles. The summed E-state index contributed by atoms with van der Waals surface area (Å²) in [4.78, 5) is 15.1. The van der Waals surface area contributed by atoms with E-state index in [1.807, 2.05) is 30.3 Å². The summed E-state index contributed by atoms with van der Waals surface area (Å²) in [6.45, 7) is 3.24. The Morgan fingerprint density at radius 1 is 1.00 bits per heavy atom. The van der Waals surface area contributed by atoms with E-state index in [2.05, 4.69) is 22.3 Å². The zero-order chi connectivity index (χ0) is 21.3. The second kappa shape index (κ2) is 10.9. The van der Waals surface area contributed by atoms with Gasteiger partial charge in [0, 0.05) is 25.7 Å². The number of piperidine rings is 1. The van der Waals surface area contributed by atoms with E-state index < -0.39 is 0 Å². The SMILES string of the molecule is COc1cccc(CN2CCCC(C(=O)NCCc3cc(OC)cc(OC)c3)C2)c1. The van der Waals surface area contributed by atoms with Gasteiger partial charge in [0.25, 0.3) is 0 Å². The van der Waals surface area contributed by atoms with E-state index in [1.54, 1.807) is 21.3 Å². The predicted octanol–water partition coefficient (Wildman–Crippen LogP) is 3.28. The highest BCUT2D eigenvalue weighted by molar-refractivity contribution is 5.79. The van der Waals surface area contributed by atoms with Crippen LogP contribution in [0.4, 0.5) is 0 Å². The van der Waals surface area contributed by atoms with Gasteiger partial charge in [-0.15, -0.1) is 0 Å². The number of hydrogen-bond donors (Lipinski definition) is 1. The first-order valence-electron chi connectivity index (χ1n) is 10.5. The molecule has 1 aliphatic heterocycles. The molecule has 1 N–H and O–H groups in total. The van der Waals surface area contributed by atoms with Crippen LogP contribution >= 0.6 is 0 Å². The fourth-order valence-electron chi connectivity index (χ4n) is 3.93. The molecule has 6 heteroatoms. The van der Waals surface area contributed by atoms with Crippen molar-refractivity contribution in [2.24, 2.45) is 5.92 Å². The first-order chi connectivity index (χ1) is 14.6. The van der Waals surface area contributed by atoms with Crippen LogP contribution in [0.5, 0.6) is 17.2 Å². The second-order valence-electron chi connectivity index (χ2n) is 7.69. The normalized spacial score (nSPS) is 16.7. The molecule has 30 heavy (non-hydrogen) atoms. The lowest BCUT2D eigenvalue weighted by Gasteiger charge is -2.32. The lowest BCUT2D eigenvalue weighted by atomic mass is 9.96. The van der Waals surface area contributed by atoms with Crippen molar-refractivity contribution >= 4 is 5.91 Å². The van der Waals surface area contributed by atoms with Crippen LogP contribution < -0.4 is 19.5 Å². The molecule has 2 aromatic rings. The summed E-state index contributed by atoms with van der Waals surface area (Å²) >= 11 is 0. The molecule has 6 nitrogen and oxygen atoms in total. The standard InChI is InChI=1S/C24H32N2O4/c1-28-21-8-4-6-19(14-21)16-26-11-5-7-20(17-26)24(27)25-10-9-18-12-22(29-2)15-23(13-18)30-3/h4,6,8,12-15,20H,5,7,9-11,16-17H2,1-3H3,(H,25,27). The number of nitrogens with zero attached hydrogens (tertiary/aromatic N) is 1. The van der Waals surface area contributed by atoms with Crippen LogP contribution in [-0.2, 0) is 17.8 Å². The molecule has 0 bridgehead atoms. The average Bonchev–Trinajstić information content (AvgIpc) is 2.79. The summed E-state index contributed by atoms with van der Waals surface area (Å²) in [5, 5.41) is 3.11. The molecule has 1 unspecified atom stereocenters. The molecule has 0 aliphatic carbocycles. The lowest BCUT2D eigenvalue weighted by molar-refractivity contribution is -0.126. The van der Waals surface area contributed by atoms with Gasteiger partial charge in [0.2, 0.25) is 5.91 Å². The zero-order valence-electron chi connectivity index (χ0n) is 18.1. The van der Waals surface area contributed by atoms with E-state index >= 15 is 0 Å². The van der Waals surface area contributed by atoms with Gasteiger partial charge in [-0.05, 0) is 61.2 Å². The molecule has 162 valence electrons. The number of carbonyl (C=O) groups excluding carboxylic acids is 1. The third-order valence-electron chi connectivity index (χ3n) is 5.54. The number of amides is 1. The molecule has 0 aromatic heterocycles. The minimum absolute atomic E-state index is 0.0317. The van der Waals surface area contributed by atoms with E-state index in [0.717, 1.165) is 61.7 Å². The van der Waals surface area contributed by atoms with Crippen LogP contribution in [0.3, 0.4) is 0 Å². The summed E-state index contributed by atoms with van der Waals surface area (Å²) in [6, 6.07) is 13.9. The highest BCUT2D eigenvalue weighted by Gasteiger charge is 2.25. The maximum Gasteiger partial charge on any atom is 0.224 e. The van der Waals surface area contributed by atoms with Crippen LogP contribution in [0, 0.1) is 5.92 Å². The minimum Gasteiger partial charge on any atom is -0.497 e. The largest absolute Gasteiger partial charge is 0.497 e. The van der Waals surface area contributed by atoms with Crippen molar-refractivity contribution in [1.82, 2.24) is 10.2 Å². The topological polar surface area (TPSA) is 60.0 Å². The second-order valence-corrected chi connectivity index (χ2v) is 7.69. The molecule has 3 rings (SSSR count). The summed E-state index contributed by atoms with van der Waals surface area (Å²) in [6.07, 6.45) is 2.71. The zero-order valence-corrected chi connectivity index (χ0v) is 18.1.